The van der Waals surface area contributed by atoms with Gasteiger partial charge in [-0.25, -0.2) is 4.79 Å². The first-order chi connectivity index (χ1) is 10.0. The Morgan fingerprint density at radius 3 is 2.62 bits per heavy atom. The molecule has 2 rings (SSSR count). The number of nitrogens with two attached hydrogens (primary N) is 1. The van der Waals surface area contributed by atoms with Crippen molar-refractivity contribution in [3.05, 3.63) is 52.0 Å². The number of anilines is 1. The molecule has 0 aliphatic carbocycles. The number of hydrogen-bond donors (Lipinski definition) is 1. The Bertz CT molecular complexity index is 671. The van der Waals surface area contributed by atoms with Crippen molar-refractivity contribution in [2.75, 3.05) is 12.3 Å². The lowest BCUT2D eigenvalue weighted by atomic mass is 10.2. The summed E-state index contributed by atoms with van der Waals surface area (Å²) in [6.45, 7) is 4.02. The molecule has 0 spiro atoms. The topological polar surface area (TPSA) is 61.5 Å². The SMILES string of the molecule is CCOC(=O)c1ccc(N)c(Oc2ccc(Br)cc2C)c1. The lowest BCUT2D eigenvalue weighted by Gasteiger charge is -2.12. The van der Waals surface area contributed by atoms with E-state index in [1.165, 1.54) is 0 Å². The number of nitrogen functional groups attached to an aromatic ring is 1. The Hall–Kier alpha value is -2.01. The van der Waals surface area contributed by atoms with E-state index in [1.807, 2.05) is 25.1 Å². The number of ether oxygens (including phenoxy) is 2. The van der Waals surface area contributed by atoms with Crippen molar-refractivity contribution in [3.8, 4) is 11.5 Å². The number of esters is 1. The van der Waals surface area contributed by atoms with Crippen LogP contribution in [0.5, 0.6) is 11.5 Å². The summed E-state index contributed by atoms with van der Waals surface area (Å²) in [6, 6.07) is 10.5. The van der Waals surface area contributed by atoms with Gasteiger partial charge >= 0.3 is 5.97 Å². The van der Waals surface area contributed by atoms with Crippen molar-refractivity contribution in [2.24, 2.45) is 0 Å². The normalized spacial score (nSPS) is 10.2. The van der Waals surface area contributed by atoms with Crippen LogP contribution in [-0.2, 0) is 4.74 Å². The Morgan fingerprint density at radius 2 is 1.95 bits per heavy atom. The summed E-state index contributed by atoms with van der Waals surface area (Å²) in [5, 5.41) is 0. The van der Waals surface area contributed by atoms with Crippen LogP contribution in [0, 0.1) is 6.92 Å². The number of halogens is 1. The molecule has 4 nitrogen and oxygen atoms in total. The molecule has 2 aromatic carbocycles. The number of hydrogen-bond acceptors (Lipinski definition) is 4. The maximum absolute atomic E-state index is 11.7. The van der Waals surface area contributed by atoms with E-state index >= 15 is 0 Å². The van der Waals surface area contributed by atoms with Crippen molar-refractivity contribution >= 4 is 27.6 Å². The highest BCUT2D eigenvalue weighted by Crippen LogP contribution is 2.31. The summed E-state index contributed by atoms with van der Waals surface area (Å²) >= 11 is 3.40. The maximum Gasteiger partial charge on any atom is 0.338 e. The predicted octanol–water partition coefficient (Wildman–Crippen LogP) is 4.31. The summed E-state index contributed by atoms with van der Waals surface area (Å²) in [6.07, 6.45) is 0. The van der Waals surface area contributed by atoms with Gasteiger partial charge in [-0.1, -0.05) is 15.9 Å². The van der Waals surface area contributed by atoms with Crippen LogP contribution in [0.3, 0.4) is 0 Å². The molecule has 0 atom stereocenters. The summed E-state index contributed by atoms with van der Waals surface area (Å²) < 4.78 is 11.8. The highest BCUT2D eigenvalue weighted by Gasteiger charge is 2.11. The molecule has 0 fully saturated rings. The molecule has 0 heterocycles. The highest BCUT2D eigenvalue weighted by atomic mass is 79.9. The van der Waals surface area contributed by atoms with Gasteiger partial charge < -0.3 is 15.2 Å². The third kappa shape index (κ3) is 3.76. The molecule has 0 unspecified atom stereocenters. The molecule has 0 saturated heterocycles. The Morgan fingerprint density at radius 1 is 1.19 bits per heavy atom. The van der Waals surface area contributed by atoms with Crippen LogP contribution in [0.2, 0.25) is 0 Å². The van der Waals surface area contributed by atoms with Gasteiger partial charge in [-0.2, -0.15) is 0 Å². The largest absolute Gasteiger partial charge is 0.462 e. The average molecular weight is 350 g/mol. The van der Waals surface area contributed by atoms with Crippen LogP contribution < -0.4 is 10.5 Å². The summed E-state index contributed by atoms with van der Waals surface area (Å²) in [7, 11) is 0. The Kier molecular flexibility index (Phi) is 4.85. The van der Waals surface area contributed by atoms with Crippen molar-refractivity contribution in [1.82, 2.24) is 0 Å². The van der Waals surface area contributed by atoms with Crippen molar-refractivity contribution < 1.29 is 14.3 Å². The van der Waals surface area contributed by atoms with E-state index in [9.17, 15) is 4.79 Å². The Labute approximate surface area is 132 Å². The minimum atomic E-state index is -0.394. The molecular weight excluding hydrogens is 334 g/mol. The van der Waals surface area contributed by atoms with Gasteiger partial charge in [0.15, 0.2) is 5.75 Å². The van der Waals surface area contributed by atoms with Crippen molar-refractivity contribution in [3.63, 3.8) is 0 Å². The number of benzene rings is 2. The number of carbonyl (C=O) groups excluding carboxylic acids is 1. The van der Waals surface area contributed by atoms with Gasteiger partial charge in [0.05, 0.1) is 17.9 Å². The second-order valence-electron chi connectivity index (χ2n) is 4.48. The molecule has 21 heavy (non-hydrogen) atoms. The van der Waals surface area contributed by atoms with Gasteiger partial charge in [-0.15, -0.1) is 0 Å². The smallest absolute Gasteiger partial charge is 0.338 e. The molecule has 0 aromatic heterocycles. The van der Waals surface area contributed by atoms with E-state index in [4.69, 9.17) is 15.2 Å². The van der Waals surface area contributed by atoms with Crippen LogP contribution in [0.25, 0.3) is 0 Å². The molecule has 0 amide bonds. The van der Waals surface area contributed by atoms with Crippen LogP contribution in [0.1, 0.15) is 22.8 Å². The minimum Gasteiger partial charge on any atom is -0.462 e. The minimum absolute atomic E-state index is 0.325. The fourth-order valence-electron chi connectivity index (χ4n) is 1.81. The van der Waals surface area contributed by atoms with E-state index in [0.29, 0.717) is 29.4 Å². The number of carbonyl (C=O) groups is 1. The van der Waals surface area contributed by atoms with E-state index in [-0.39, 0.29) is 0 Å². The number of aryl methyl sites for hydroxylation is 1. The lowest BCUT2D eigenvalue weighted by Crippen LogP contribution is -2.05. The van der Waals surface area contributed by atoms with Gasteiger partial charge in [-0.05, 0) is 55.8 Å². The van der Waals surface area contributed by atoms with Gasteiger partial charge in [0.25, 0.3) is 0 Å². The van der Waals surface area contributed by atoms with Gasteiger partial charge in [0.1, 0.15) is 5.75 Å². The zero-order valence-electron chi connectivity index (χ0n) is 11.9. The summed E-state index contributed by atoms with van der Waals surface area (Å²) in [4.78, 5) is 11.7. The molecule has 0 aliphatic rings. The molecule has 5 heteroatoms. The van der Waals surface area contributed by atoms with Gasteiger partial charge in [0.2, 0.25) is 0 Å². The second-order valence-corrected chi connectivity index (χ2v) is 5.40. The highest BCUT2D eigenvalue weighted by molar-refractivity contribution is 9.10. The maximum atomic E-state index is 11.7. The van der Waals surface area contributed by atoms with E-state index < -0.39 is 5.97 Å². The van der Waals surface area contributed by atoms with Crippen LogP contribution in [0.15, 0.2) is 40.9 Å². The first-order valence-corrected chi connectivity index (χ1v) is 7.31. The summed E-state index contributed by atoms with van der Waals surface area (Å²) in [5.41, 5.74) is 7.74. The quantitative estimate of drug-likeness (QED) is 0.659. The van der Waals surface area contributed by atoms with E-state index in [2.05, 4.69) is 15.9 Å². The molecule has 2 N–H and O–H groups in total. The molecule has 0 bridgehead atoms. The van der Waals surface area contributed by atoms with E-state index in [0.717, 1.165) is 10.0 Å². The third-order valence-corrected chi connectivity index (χ3v) is 3.37. The number of rotatable bonds is 4. The van der Waals surface area contributed by atoms with E-state index in [1.54, 1.807) is 25.1 Å². The summed E-state index contributed by atoms with van der Waals surface area (Å²) in [5.74, 6) is 0.728. The fraction of sp³-hybridized carbons (Fsp3) is 0.188. The second kappa shape index (κ2) is 6.63. The zero-order valence-corrected chi connectivity index (χ0v) is 13.4. The monoisotopic (exact) mass is 349 g/mol. The molecule has 0 saturated carbocycles. The molecule has 2 aromatic rings. The molecule has 0 aliphatic heterocycles. The van der Waals surface area contributed by atoms with Crippen molar-refractivity contribution in [1.29, 1.82) is 0 Å². The van der Waals surface area contributed by atoms with Crippen molar-refractivity contribution in [2.45, 2.75) is 13.8 Å². The average Bonchev–Trinajstić information content (AvgIpc) is 2.44. The predicted molar refractivity (Wildman–Crippen MR) is 85.8 cm³/mol. The Balaban J connectivity index is 2.30. The van der Waals surface area contributed by atoms with Gasteiger partial charge in [-0.3, -0.25) is 0 Å². The van der Waals surface area contributed by atoms with Crippen LogP contribution in [0.4, 0.5) is 5.69 Å². The first kappa shape index (κ1) is 15.4. The third-order valence-electron chi connectivity index (χ3n) is 2.88. The van der Waals surface area contributed by atoms with Crippen LogP contribution >= 0.6 is 15.9 Å². The standard InChI is InChI=1S/C16H16BrNO3/c1-3-20-16(19)11-4-6-13(18)15(9-11)21-14-7-5-12(17)8-10(14)2/h4-9H,3,18H2,1-2H3. The van der Waals surface area contributed by atoms with Gasteiger partial charge in [0, 0.05) is 4.47 Å². The van der Waals surface area contributed by atoms with Crippen LogP contribution in [-0.4, -0.2) is 12.6 Å². The lowest BCUT2D eigenvalue weighted by molar-refractivity contribution is 0.0526. The molecule has 0 radical (unpaired) electrons. The first-order valence-electron chi connectivity index (χ1n) is 6.52. The molecule has 110 valence electrons. The zero-order chi connectivity index (χ0) is 15.4. The fourth-order valence-corrected chi connectivity index (χ4v) is 2.29. The molecular formula is C16H16BrNO3.